The van der Waals surface area contributed by atoms with Gasteiger partial charge in [0.25, 0.3) is 0 Å². The summed E-state index contributed by atoms with van der Waals surface area (Å²) < 4.78 is 1.46. The number of hydrogen-bond donors (Lipinski definition) is 1. The van der Waals surface area contributed by atoms with Gasteiger partial charge < -0.3 is 9.88 Å². The summed E-state index contributed by atoms with van der Waals surface area (Å²) in [5.74, 6) is 0.638. The number of ketones is 1. The molecule has 1 aromatic heterocycles. The third-order valence-corrected chi connectivity index (χ3v) is 6.51. The van der Waals surface area contributed by atoms with E-state index in [0.717, 1.165) is 18.7 Å². The molecular formula is C27H30N2O2. The van der Waals surface area contributed by atoms with Gasteiger partial charge in [-0.1, -0.05) is 48.5 Å². The molecule has 1 N–H and O–H groups in total. The Balaban J connectivity index is 1.64. The Morgan fingerprint density at radius 3 is 2.42 bits per heavy atom. The van der Waals surface area contributed by atoms with E-state index in [4.69, 9.17) is 0 Å². The van der Waals surface area contributed by atoms with E-state index < -0.39 is 0 Å². The van der Waals surface area contributed by atoms with Crippen LogP contribution < -0.4 is 10.9 Å². The highest BCUT2D eigenvalue weighted by atomic mass is 16.1. The number of aryl methyl sites for hydroxylation is 2. The van der Waals surface area contributed by atoms with Gasteiger partial charge in [0.05, 0.1) is 0 Å². The van der Waals surface area contributed by atoms with Crippen molar-refractivity contribution in [2.75, 3.05) is 13.1 Å². The number of carbonyl (C=O) groups excluding carboxylic acids is 1. The standard InChI is InChI=1S/C27H30N2O2/c1-19-5-3-4-6-24(19)25(17-26(30)23-11-12-27(31)29(2)18-23)22-9-7-20(8-10-22)21-13-15-28-16-14-21/h3-12,18,21,25,28H,13-17H2,1-2H3. The van der Waals surface area contributed by atoms with E-state index in [1.54, 1.807) is 19.3 Å². The Kier molecular flexibility index (Phi) is 6.47. The number of rotatable bonds is 6. The average molecular weight is 415 g/mol. The number of nitrogens with zero attached hydrogens (tertiary/aromatic N) is 1. The molecule has 160 valence electrons. The van der Waals surface area contributed by atoms with Gasteiger partial charge in [-0.2, -0.15) is 0 Å². The maximum absolute atomic E-state index is 13.2. The van der Waals surface area contributed by atoms with Crippen LogP contribution in [0.3, 0.4) is 0 Å². The summed E-state index contributed by atoms with van der Waals surface area (Å²) in [7, 11) is 1.68. The van der Waals surface area contributed by atoms with Crippen LogP contribution in [-0.2, 0) is 7.05 Å². The number of benzene rings is 2. The van der Waals surface area contributed by atoms with Crippen molar-refractivity contribution in [2.45, 2.75) is 38.0 Å². The van der Waals surface area contributed by atoms with Crippen molar-refractivity contribution >= 4 is 5.78 Å². The minimum absolute atomic E-state index is 0.0204. The molecule has 0 amide bonds. The molecule has 31 heavy (non-hydrogen) atoms. The lowest BCUT2D eigenvalue weighted by atomic mass is 9.82. The van der Waals surface area contributed by atoms with Crippen LogP contribution in [0.2, 0.25) is 0 Å². The topological polar surface area (TPSA) is 51.1 Å². The second-order valence-corrected chi connectivity index (χ2v) is 8.59. The highest BCUT2D eigenvalue weighted by Crippen LogP contribution is 2.33. The van der Waals surface area contributed by atoms with E-state index in [2.05, 4.69) is 48.6 Å². The average Bonchev–Trinajstić information content (AvgIpc) is 2.80. The first-order valence-electron chi connectivity index (χ1n) is 11.1. The van der Waals surface area contributed by atoms with Gasteiger partial charge in [-0.25, -0.2) is 0 Å². The van der Waals surface area contributed by atoms with Crippen molar-refractivity contribution in [3.8, 4) is 0 Å². The fourth-order valence-electron chi connectivity index (χ4n) is 4.60. The molecule has 4 nitrogen and oxygen atoms in total. The lowest BCUT2D eigenvalue weighted by molar-refractivity contribution is 0.0977. The first-order valence-corrected chi connectivity index (χ1v) is 11.1. The summed E-state index contributed by atoms with van der Waals surface area (Å²) in [6, 6.07) is 20.3. The van der Waals surface area contributed by atoms with E-state index in [9.17, 15) is 9.59 Å². The molecule has 4 rings (SSSR count). The summed E-state index contributed by atoms with van der Waals surface area (Å²) in [6.45, 7) is 4.25. The van der Waals surface area contributed by atoms with Crippen LogP contribution in [0.15, 0.2) is 71.7 Å². The Bertz CT molecular complexity index is 1110. The highest BCUT2D eigenvalue weighted by Gasteiger charge is 2.22. The van der Waals surface area contributed by atoms with Gasteiger partial charge in [0.15, 0.2) is 5.78 Å². The fraction of sp³-hybridized carbons (Fsp3) is 0.333. The molecule has 0 saturated carbocycles. The van der Waals surface area contributed by atoms with Crippen LogP contribution >= 0.6 is 0 Å². The number of carbonyl (C=O) groups is 1. The predicted molar refractivity (Wildman–Crippen MR) is 125 cm³/mol. The fourth-order valence-corrected chi connectivity index (χ4v) is 4.60. The molecule has 0 spiro atoms. The van der Waals surface area contributed by atoms with Crippen molar-refractivity contribution in [1.29, 1.82) is 0 Å². The van der Waals surface area contributed by atoms with Gasteiger partial charge in [0, 0.05) is 37.2 Å². The normalized spacial score (nSPS) is 15.5. The zero-order valence-electron chi connectivity index (χ0n) is 18.3. The van der Waals surface area contributed by atoms with Crippen LogP contribution in [0.4, 0.5) is 0 Å². The van der Waals surface area contributed by atoms with Gasteiger partial charge >= 0.3 is 0 Å². The minimum Gasteiger partial charge on any atom is -0.318 e. The van der Waals surface area contributed by atoms with Gasteiger partial charge in [-0.05, 0) is 67.1 Å². The molecule has 0 radical (unpaired) electrons. The summed E-state index contributed by atoms with van der Waals surface area (Å²) in [6.07, 6.45) is 4.35. The van der Waals surface area contributed by atoms with E-state index in [0.29, 0.717) is 17.9 Å². The molecule has 1 atom stereocenters. The molecule has 1 fully saturated rings. The summed E-state index contributed by atoms with van der Waals surface area (Å²) in [5, 5.41) is 3.43. The van der Waals surface area contributed by atoms with Crippen molar-refractivity contribution < 1.29 is 4.79 Å². The number of pyridine rings is 1. The maximum Gasteiger partial charge on any atom is 0.250 e. The van der Waals surface area contributed by atoms with Crippen LogP contribution in [0.1, 0.15) is 63.7 Å². The molecule has 2 heterocycles. The first-order chi connectivity index (χ1) is 15.0. The molecule has 1 saturated heterocycles. The van der Waals surface area contributed by atoms with Crippen molar-refractivity contribution in [3.63, 3.8) is 0 Å². The number of piperidine rings is 1. The summed E-state index contributed by atoms with van der Waals surface area (Å²) >= 11 is 0. The van der Waals surface area contributed by atoms with Crippen molar-refractivity contribution in [1.82, 2.24) is 9.88 Å². The first kappa shape index (κ1) is 21.3. The molecular weight excluding hydrogens is 384 g/mol. The molecule has 1 aliphatic heterocycles. The predicted octanol–water partition coefficient (Wildman–Crippen LogP) is 4.57. The molecule has 4 heteroatoms. The third-order valence-electron chi connectivity index (χ3n) is 6.51. The second-order valence-electron chi connectivity index (χ2n) is 8.59. The zero-order chi connectivity index (χ0) is 21.8. The summed E-state index contributed by atoms with van der Waals surface area (Å²) in [5.41, 5.74) is 5.37. The number of Topliss-reactive ketones (excluding diaryl/α,β-unsaturated/α-hetero) is 1. The smallest absolute Gasteiger partial charge is 0.250 e. The van der Waals surface area contributed by atoms with Gasteiger partial charge in [-0.3, -0.25) is 9.59 Å². The van der Waals surface area contributed by atoms with E-state index in [1.165, 1.54) is 40.2 Å². The second kappa shape index (κ2) is 9.44. The van der Waals surface area contributed by atoms with Crippen LogP contribution in [0.25, 0.3) is 0 Å². The zero-order valence-corrected chi connectivity index (χ0v) is 18.3. The molecule has 2 aromatic carbocycles. The number of hydrogen-bond acceptors (Lipinski definition) is 3. The van der Waals surface area contributed by atoms with Crippen LogP contribution in [0.5, 0.6) is 0 Å². The molecule has 3 aromatic rings. The Hall–Kier alpha value is -2.98. The van der Waals surface area contributed by atoms with Crippen molar-refractivity contribution in [2.24, 2.45) is 7.05 Å². The van der Waals surface area contributed by atoms with Crippen molar-refractivity contribution in [3.05, 3.63) is 105 Å². The SMILES string of the molecule is Cc1ccccc1C(CC(=O)c1ccc(=O)n(C)c1)c1ccc(C2CCNCC2)cc1. The molecule has 0 aliphatic carbocycles. The van der Waals surface area contributed by atoms with Gasteiger partial charge in [-0.15, -0.1) is 0 Å². The van der Waals surface area contributed by atoms with Crippen LogP contribution in [-0.4, -0.2) is 23.4 Å². The Morgan fingerprint density at radius 2 is 1.74 bits per heavy atom. The Labute approximate surface area is 183 Å². The van der Waals surface area contributed by atoms with E-state index in [1.807, 2.05) is 12.1 Å². The van der Waals surface area contributed by atoms with E-state index in [-0.39, 0.29) is 17.3 Å². The van der Waals surface area contributed by atoms with Gasteiger partial charge in [0.2, 0.25) is 5.56 Å². The monoisotopic (exact) mass is 414 g/mol. The number of aromatic nitrogens is 1. The molecule has 1 unspecified atom stereocenters. The lowest BCUT2D eigenvalue weighted by Gasteiger charge is -2.24. The lowest BCUT2D eigenvalue weighted by Crippen LogP contribution is -2.26. The Morgan fingerprint density at radius 1 is 1.03 bits per heavy atom. The molecule has 0 bridgehead atoms. The number of nitrogens with one attached hydrogen (secondary N) is 1. The van der Waals surface area contributed by atoms with E-state index >= 15 is 0 Å². The minimum atomic E-state index is -0.111. The maximum atomic E-state index is 13.2. The highest BCUT2D eigenvalue weighted by molar-refractivity contribution is 5.96. The molecule has 1 aliphatic rings. The van der Waals surface area contributed by atoms with Crippen LogP contribution in [0, 0.1) is 6.92 Å². The third kappa shape index (κ3) is 4.86. The van der Waals surface area contributed by atoms with Gasteiger partial charge in [0.1, 0.15) is 0 Å². The quantitative estimate of drug-likeness (QED) is 0.602. The largest absolute Gasteiger partial charge is 0.318 e. The summed E-state index contributed by atoms with van der Waals surface area (Å²) in [4.78, 5) is 24.9.